The summed E-state index contributed by atoms with van der Waals surface area (Å²) < 4.78 is 10.9. The van der Waals surface area contributed by atoms with Crippen LogP contribution in [-0.2, 0) is 19.4 Å². The van der Waals surface area contributed by atoms with Gasteiger partial charge in [0.2, 0.25) is 0 Å². The summed E-state index contributed by atoms with van der Waals surface area (Å²) in [7, 11) is 3.28. The number of aryl methyl sites for hydroxylation is 1. The van der Waals surface area contributed by atoms with Gasteiger partial charge >= 0.3 is 0 Å². The largest absolute Gasteiger partial charge is 0.493 e. The Morgan fingerprint density at radius 1 is 1.10 bits per heavy atom. The highest BCUT2D eigenvalue weighted by molar-refractivity contribution is 6.07. The fraction of sp³-hybridized carbons (Fsp3) is 0.333. The van der Waals surface area contributed by atoms with Crippen LogP contribution in [0.15, 0.2) is 36.4 Å². The summed E-state index contributed by atoms with van der Waals surface area (Å²) in [4.78, 5) is 20.3. The van der Waals surface area contributed by atoms with E-state index in [4.69, 9.17) is 14.5 Å². The van der Waals surface area contributed by atoms with Crippen molar-refractivity contribution in [3.8, 4) is 11.5 Å². The highest BCUT2D eigenvalue weighted by Gasteiger charge is 2.27. The van der Waals surface area contributed by atoms with Crippen LogP contribution in [0.1, 0.15) is 39.7 Å². The Morgan fingerprint density at radius 2 is 1.79 bits per heavy atom. The number of methoxy groups -OCH3 is 2. The summed E-state index contributed by atoms with van der Waals surface area (Å²) in [5, 5.41) is 0.922. The Balaban J connectivity index is 1.74. The van der Waals surface area contributed by atoms with Crippen molar-refractivity contribution in [1.82, 2.24) is 9.88 Å². The number of hydrogen-bond acceptors (Lipinski definition) is 4. The lowest BCUT2D eigenvalue weighted by Gasteiger charge is -2.30. The van der Waals surface area contributed by atoms with E-state index in [1.165, 1.54) is 5.56 Å². The van der Waals surface area contributed by atoms with Crippen LogP contribution in [0.5, 0.6) is 11.5 Å². The summed E-state index contributed by atoms with van der Waals surface area (Å²) in [5.41, 5.74) is 5.93. The van der Waals surface area contributed by atoms with Gasteiger partial charge < -0.3 is 14.4 Å². The van der Waals surface area contributed by atoms with Crippen LogP contribution in [0.2, 0.25) is 0 Å². The molecule has 0 atom stereocenters. The molecule has 2 heterocycles. The Hall–Kier alpha value is -3.08. The molecule has 3 aromatic rings. The van der Waals surface area contributed by atoms with E-state index in [-0.39, 0.29) is 5.91 Å². The molecule has 0 unspecified atom stereocenters. The molecule has 0 radical (unpaired) electrons. The number of carbonyl (C=O) groups is 1. The van der Waals surface area contributed by atoms with Crippen molar-refractivity contribution in [3.63, 3.8) is 0 Å². The maximum absolute atomic E-state index is 13.6. The van der Waals surface area contributed by atoms with Gasteiger partial charge in [-0.2, -0.15) is 0 Å². The SMILES string of the molecule is CCc1nc2ccccc2c(C(=O)N2CCc3cc(OC)c(OC)cc3C2)c1C. The molecule has 1 amide bonds. The predicted octanol–water partition coefficient (Wildman–Crippen LogP) is 4.32. The van der Waals surface area contributed by atoms with E-state index in [1.54, 1.807) is 14.2 Å². The average Bonchev–Trinajstić information content (AvgIpc) is 2.76. The summed E-state index contributed by atoms with van der Waals surface area (Å²) >= 11 is 0. The maximum Gasteiger partial charge on any atom is 0.255 e. The molecule has 1 aliphatic heterocycles. The molecule has 1 aliphatic rings. The third kappa shape index (κ3) is 3.31. The fourth-order valence-corrected chi connectivity index (χ4v) is 4.19. The van der Waals surface area contributed by atoms with Crippen LogP contribution in [0.3, 0.4) is 0 Å². The minimum atomic E-state index is 0.0660. The van der Waals surface area contributed by atoms with Crippen LogP contribution in [0, 0.1) is 6.92 Å². The standard InChI is InChI=1S/C24H26N2O3/c1-5-19-15(2)23(18-8-6-7-9-20(18)25-19)24(27)26-11-10-16-12-21(28-3)22(29-4)13-17(16)14-26/h6-9,12-13H,5,10-11,14H2,1-4H3. The zero-order valence-corrected chi connectivity index (χ0v) is 17.4. The first-order valence-electron chi connectivity index (χ1n) is 9.98. The Morgan fingerprint density at radius 3 is 2.48 bits per heavy atom. The van der Waals surface area contributed by atoms with Crippen molar-refractivity contribution in [3.05, 3.63) is 64.3 Å². The van der Waals surface area contributed by atoms with Gasteiger partial charge in [0.1, 0.15) is 0 Å². The zero-order valence-electron chi connectivity index (χ0n) is 17.4. The van der Waals surface area contributed by atoms with E-state index >= 15 is 0 Å². The molecule has 0 saturated carbocycles. The second-order valence-corrected chi connectivity index (χ2v) is 7.38. The topological polar surface area (TPSA) is 51.7 Å². The monoisotopic (exact) mass is 390 g/mol. The third-order valence-electron chi connectivity index (χ3n) is 5.79. The number of para-hydroxylation sites is 1. The van der Waals surface area contributed by atoms with Gasteiger partial charge in [0.05, 0.1) is 25.3 Å². The molecule has 4 rings (SSSR count). The maximum atomic E-state index is 13.6. The van der Waals surface area contributed by atoms with E-state index in [0.717, 1.165) is 51.9 Å². The highest BCUT2D eigenvalue weighted by atomic mass is 16.5. The van der Waals surface area contributed by atoms with Gasteiger partial charge in [-0.15, -0.1) is 0 Å². The first kappa shape index (κ1) is 19.2. The summed E-state index contributed by atoms with van der Waals surface area (Å²) in [6, 6.07) is 11.9. The number of fused-ring (bicyclic) bond motifs is 2. The number of benzene rings is 2. The number of nitrogens with zero attached hydrogens (tertiary/aromatic N) is 2. The highest BCUT2D eigenvalue weighted by Crippen LogP contribution is 2.34. The van der Waals surface area contributed by atoms with E-state index in [0.29, 0.717) is 18.8 Å². The van der Waals surface area contributed by atoms with Crippen LogP contribution < -0.4 is 9.47 Å². The van der Waals surface area contributed by atoms with Crippen molar-refractivity contribution in [1.29, 1.82) is 0 Å². The first-order chi connectivity index (χ1) is 14.1. The molecule has 5 nitrogen and oxygen atoms in total. The number of hydrogen-bond donors (Lipinski definition) is 0. The number of carbonyl (C=O) groups excluding carboxylic acids is 1. The van der Waals surface area contributed by atoms with Crippen LogP contribution in [-0.4, -0.2) is 36.6 Å². The minimum absolute atomic E-state index is 0.0660. The summed E-state index contributed by atoms with van der Waals surface area (Å²) in [6.45, 7) is 5.33. The molecule has 5 heteroatoms. The lowest BCUT2D eigenvalue weighted by Crippen LogP contribution is -2.36. The second kappa shape index (κ2) is 7.74. The Bertz CT molecular complexity index is 1090. The smallest absolute Gasteiger partial charge is 0.255 e. The second-order valence-electron chi connectivity index (χ2n) is 7.38. The minimum Gasteiger partial charge on any atom is -0.493 e. The van der Waals surface area contributed by atoms with Crippen molar-refractivity contribution in [2.24, 2.45) is 0 Å². The molecule has 0 N–H and O–H groups in total. The van der Waals surface area contributed by atoms with Gasteiger partial charge in [0.25, 0.3) is 5.91 Å². The molecule has 0 aliphatic carbocycles. The van der Waals surface area contributed by atoms with E-state index in [9.17, 15) is 4.79 Å². The van der Waals surface area contributed by atoms with Crippen molar-refractivity contribution < 1.29 is 14.3 Å². The van der Waals surface area contributed by atoms with Gasteiger partial charge in [-0.3, -0.25) is 9.78 Å². The number of aromatic nitrogens is 1. The number of pyridine rings is 1. The third-order valence-corrected chi connectivity index (χ3v) is 5.79. The lowest BCUT2D eigenvalue weighted by molar-refractivity contribution is 0.0735. The van der Waals surface area contributed by atoms with Gasteiger partial charge in [-0.1, -0.05) is 25.1 Å². The quantitative estimate of drug-likeness (QED) is 0.666. The van der Waals surface area contributed by atoms with Gasteiger partial charge in [-0.05, 0) is 54.7 Å². The van der Waals surface area contributed by atoms with Crippen molar-refractivity contribution in [2.45, 2.75) is 33.2 Å². The van der Waals surface area contributed by atoms with Gasteiger partial charge in [0.15, 0.2) is 11.5 Å². The average molecular weight is 390 g/mol. The number of rotatable bonds is 4. The molecule has 0 spiro atoms. The molecule has 0 fully saturated rings. The van der Waals surface area contributed by atoms with Gasteiger partial charge in [-0.25, -0.2) is 0 Å². The van der Waals surface area contributed by atoms with Crippen LogP contribution in [0.25, 0.3) is 10.9 Å². The molecular weight excluding hydrogens is 364 g/mol. The van der Waals surface area contributed by atoms with Gasteiger partial charge in [0, 0.05) is 24.2 Å². The molecule has 29 heavy (non-hydrogen) atoms. The molecule has 0 bridgehead atoms. The molecule has 1 aromatic heterocycles. The van der Waals surface area contributed by atoms with Crippen LogP contribution >= 0.6 is 0 Å². The zero-order chi connectivity index (χ0) is 20.5. The van der Waals surface area contributed by atoms with Crippen LogP contribution in [0.4, 0.5) is 0 Å². The molecular formula is C24H26N2O3. The lowest BCUT2D eigenvalue weighted by atomic mass is 9.95. The Labute approximate surface area is 171 Å². The van der Waals surface area contributed by atoms with Crippen molar-refractivity contribution in [2.75, 3.05) is 20.8 Å². The molecule has 0 saturated heterocycles. The summed E-state index contributed by atoms with van der Waals surface area (Å²) in [5.74, 6) is 1.49. The number of amides is 1. The normalized spacial score (nSPS) is 13.3. The van der Waals surface area contributed by atoms with E-state index < -0.39 is 0 Å². The first-order valence-corrected chi connectivity index (χ1v) is 9.98. The van der Waals surface area contributed by atoms with E-state index in [2.05, 4.69) is 6.92 Å². The molecule has 2 aromatic carbocycles. The van der Waals surface area contributed by atoms with E-state index in [1.807, 2.05) is 48.2 Å². The molecule has 150 valence electrons. The Kier molecular flexibility index (Phi) is 5.14. The predicted molar refractivity (Wildman–Crippen MR) is 114 cm³/mol. The number of ether oxygens (including phenoxy) is 2. The fourth-order valence-electron chi connectivity index (χ4n) is 4.19. The summed E-state index contributed by atoms with van der Waals surface area (Å²) in [6.07, 6.45) is 1.60. The van der Waals surface area contributed by atoms with Crippen molar-refractivity contribution >= 4 is 16.8 Å².